The number of nitrogens with one attached hydrogen (secondary N) is 1. The lowest BCUT2D eigenvalue weighted by Gasteiger charge is -2.08. The molecule has 1 heterocycles. The number of carbonyl (C=O) groups is 1. The molecule has 0 bridgehead atoms. The highest BCUT2D eigenvalue weighted by molar-refractivity contribution is 6.34. The smallest absolute Gasteiger partial charge is 0.271 e. The first kappa shape index (κ1) is 14.8. The molecule has 0 saturated carbocycles. The van der Waals surface area contributed by atoms with Crippen LogP contribution in [0.1, 0.15) is 21.6 Å². The van der Waals surface area contributed by atoms with Crippen LogP contribution in [0.3, 0.4) is 0 Å². The minimum absolute atomic E-state index is 0.156. The van der Waals surface area contributed by atoms with E-state index in [2.05, 4.69) is 10.3 Å². The van der Waals surface area contributed by atoms with Crippen LogP contribution in [0.15, 0.2) is 36.4 Å². The van der Waals surface area contributed by atoms with Gasteiger partial charge in [0, 0.05) is 6.54 Å². The molecule has 20 heavy (non-hydrogen) atoms. The summed E-state index contributed by atoms with van der Waals surface area (Å²) in [6.07, 6.45) is 0.761. The molecule has 0 aliphatic rings. The van der Waals surface area contributed by atoms with Gasteiger partial charge in [-0.1, -0.05) is 47.5 Å². The number of nitrogens with zero attached hydrogens (tertiary/aromatic N) is 1. The first-order valence-corrected chi connectivity index (χ1v) is 6.98. The van der Waals surface area contributed by atoms with Crippen LogP contribution < -0.4 is 5.32 Å². The molecule has 0 spiro atoms. The van der Waals surface area contributed by atoms with Crippen molar-refractivity contribution in [2.75, 3.05) is 6.54 Å². The van der Waals surface area contributed by atoms with Gasteiger partial charge in [-0.25, -0.2) is 4.98 Å². The largest absolute Gasteiger partial charge is 0.350 e. The summed E-state index contributed by atoms with van der Waals surface area (Å²) in [4.78, 5) is 15.9. The standard InChI is InChI=1S/C15H14Cl2N2O/c1-10-4-2-3-5-11(10)8-9-18-15(20)14-12(16)6-7-13(17)19-14/h2-7H,8-9H2,1H3,(H,18,20). The summed E-state index contributed by atoms with van der Waals surface area (Å²) in [5.74, 6) is -0.314. The number of benzene rings is 1. The van der Waals surface area contributed by atoms with E-state index >= 15 is 0 Å². The van der Waals surface area contributed by atoms with Crippen molar-refractivity contribution in [2.45, 2.75) is 13.3 Å². The average Bonchev–Trinajstić information content (AvgIpc) is 2.43. The molecule has 0 atom stereocenters. The maximum Gasteiger partial charge on any atom is 0.271 e. The van der Waals surface area contributed by atoms with Gasteiger partial charge in [0.15, 0.2) is 0 Å². The van der Waals surface area contributed by atoms with E-state index in [1.54, 1.807) is 12.1 Å². The SMILES string of the molecule is Cc1ccccc1CCNC(=O)c1nc(Cl)ccc1Cl. The number of hydrogen-bond acceptors (Lipinski definition) is 2. The summed E-state index contributed by atoms with van der Waals surface area (Å²) in [5, 5.41) is 3.34. The van der Waals surface area contributed by atoms with E-state index in [-0.39, 0.29) is 16.8 Å². The highest BCUT2D eigenvalue weighted by atomic mass is 35.5. The molecule has 2 rings (SSSR count). The van der Waals surface area contributed by atoms with E-state index in [9.17, 15) is 4.79 Å². The van der Waals surface area contributed by atoms with Crippen LogP contribution in [-0.4, -0.2) is 17.4 Å². The normalized spacial score (nSPS) is 10.3. The van der Waals surface area contributed by atoms with E-state index in [0.717, 1.165) is 6.42 Å². The quantitative estimate of drug-likeness (QED) is 0.876. The topological polar surface area (TPSA) is 42.0 Å². The lowest BCUT2D eigenvalue weighted by Crippen LogP contribution is -2.27. The fourth-order valence-electron chi connectivity index (χ4n) is 1.86. The predicted molar refractivity (Wildman–Crippen MR) is 81.5 cm³/mol. The van der Waals surface area contributed by atoms with Crippen LogP contribution in [0.25, 0.3) is 0 Å². The summed E-state index contributed by atoms with van der Waals surface area (Å²) in [5.41, 5.74) is 2.57. The van der Waals surface area contributed by atoms with Gasteiger partial charge in [0.25, 0.3) is 5.91 Å². The van der Waals surface area contributed by atoms with Gasteiger partial charge >= 0.3 is 0 Å². The first-order valence-electron chi connectivity index (χ1n) is 6.22. The molecule has 2 aromatic rings. The van der Waals surface area contributed by atoms with E-state index in [1.165, 1.54) is 11.1 Å². The second-order valence-corrected chi connectivity index (χ2v) is 5.19. The second-order valence-electron chi connectivity index (χ2n) is 4.40. The summed E-state index contributed by atoms with van der Waals surface area (Å²) < 4.78 is 0. The van der Waals surface area contributed by atoms with Crippen molar-refractivity contribution < 1.29 is 4.79 Å². The van der Waals surface area contributed by atoms with Gasteiger partial charge < -0.3 is 5.32 Å². The third-order valence-electron chi connectivity index (χ3n) is 2.97. The lowest BCUT2D eigenvalue weighted by atomic mass is 10.1. The molecule has 5 heteroatoms. The Hall–Kier alpha value is -1.58. The molecule has 0 fully saturated rings. The van der Waals surface area contributed by atoms with Gasteiger partial charge in [-0.3, -0.25) is 4.79 Å². The molecule has 0 aliphatic carbocycles. The summed E-state index contributed by atoms with van der Waals surface area (Å²) >= 11 is 11.7. The number of pyridine rings is 1. The van der Waals surface area contributed by atoms with Crippen molar-refractivity contribution in [1.82, 2.24) is 10.3 Å². The van der Waals surface area contributed by atoms with Gasteiger partial charge in [-0.05, 0) is 36.6 Å². The zero-order chi connectivity index (χ0) is 14.5. The van der Waals surface area contributed by atoms with Crippen LogP contribution >= 0.6 is 23.2 Å². The van der Waals surface area contributed by atoms with Crippen molar-refractivity contribution >= 4 is 29.1 Å². The third kappa shape index (κ3) is 3.71. The van der Waals surface area contributed by atoms with Gasteiger partial charge in [-0.2, -0.15) is 0 Å². The van der Waals surface area contributed by atoms with Gasteiger partial charge in [0.2, 0.25) is 0 Å². The molecular weight excluding hydrogens is 295 g/mol. The molecular formula is C15H14Cl2N2O. The van der Waals surface area contributed by atoms with Gasteiger partial charge in [0.05, 0.1) is 5.02 Å². The Labute approximate surface area is 127 Å². The number of halogens is 2. The zero-order valence-corrected chi connectivity index (χ0v) is 12.5. The fourth-order valence-corrected chi connectivity index (χ4v) is 2.20. The number of hydrogen-bond donors (Lipinski definition) is 1. The minimum Gasteiger partial charge on any atom is -0.350 e. The maximum atomic E-state index is 12.0. The minimum atomic E-state index is -0.314. The van der Waals surface area contributed by atoms with Crippen molar-refractivity contribution in [1.29, 1.82) is 0 Å². The zero-order valence-electron chi connectivity index (χ0n) is 11.0. The van der Waals surface area contributed by atoms with E-state index in [4.69, 9.17) is 23.2 Å². The monoisotopic (exact) mass is 308 g/mol. The summed E-state index contributed by atoms with van der Waals surface area (Å²) in [6, 6.07) is 11.2. The first-order chi connectivity index (χ1) is 9.58. The molecule has 0 saturated heterocycles. The molecule has 1 N–H and O–H groups in total. The highest BCUT2D eigenvalue weighted by Crippen LogP contribution is 2.16. The molecule has 1 aromatic heterocycles. The van der Waals surface area contributed by atoms with Crippen LogP contribution in [0.2, 0.25) is 10.2 Å². The molecule has 104 valence electrons. The Kier molecular flexibility index (Phi) is 4.99. The molecule has 3 nitrogen and oxygen atoms in total. The molecule has 1 amide bonds. The van der Waals surface area contributed by atoms with E-state index in [0.29, 0.717) is 11.6 Å². The Balaban J connectivity index is 1.96. The highest BCUT2D eigenvalue weighted by Gasteiger charge is 2.12. The maximum absolute atomic E-state index is 12.0. The number of aryl methyl sites for hydroxylation is 1. The molecule has 1 aromatic carbocycles. The van der Waals surface area contributed by atoms with Crippen molar-refractivity contribution in [3.8, 4) is 0 Å². The summed E-state index contributed by atoms with van der Waals surface area (Å²) in [7, 11) is 0. The Morgan fingerprint density at radius 3 is 2.70 bits per heavy atom. The fraction of sp³-hybridized carbons (Fsp3) is 0.200. The van der Waals surface area contributed by atoms with Crippen LogP contribution in [0.4, 0.5) is 0 Å². The average molecular weight is 309 g/mol. The van der Waals surface area contributed by atoms with Crippen molar-refractivity contribution in [2.24, 2.45) is 0 Å². The molecule has 0 unspecified atom stereocenters. The molecule has 0 aliphatic heterocycles. The van der Waals surface area contributed by atoms with Gasteiger partial charge in [-0.15, -0.1) is 0 Å². The van der Waals surface area contributed by atoms with Crippen molar-refractivity contribution in [3.05, 3.63) is 63.4 Å². The Morgan fingerprint density at radius 2 is 1.95 bits per heavy atom. The van der Waals surface area contributed by atoms with Crippen molar-refractivity contribution in [3.63, 3.8) is 0 Å². The van der Waals surface area contributed by atoms with Crippen LogP contribution in [0, 0.1) is 6.92 Å². The van der Waals surface area contributed by atoms with Gasteiger partial charge in [0.1, 0.15) is 10.8 Å². The lowest BCUT2D eigenvalue weighted by molar-refractivity contribution is 0.0949. The van der Waals surface area contributed by atoms with E-state index in [1.807, 2.05) is 31.2 Å². The van der Waals surface area contributed by atoms with Crippen LogP contribution in [0.5, 0.6) is 0 Å². The number of amides is 1. The third-order valence-corrected chi connectivity index (χ3v) is 3.48. The summed E-state index contributed by atoms with van der Waals surface area (Å²) in [6.45, 7) is 2.57. The number of rotatable bonds is 4. The Bertz CT molecular complexity index is 629. The Morgan fingerprint density at radius 1 is 1.20 bits per heavy atom. The number of carbonyl (C=O) groups excluding carboxylic acids is 1. The van der Waals surface area contributed by atoms with Crippen LogP contribution in [-0.2, 0) is 6.42 Å². The number of aromatic nitrogens is 1. The molecule has 0 radical (unpaired) electrons. The second kappa shape index (κ2) is 6.73. The predicted octanol–water partition coefficient (Wildman–Crippen LogP) is 3.67. The van der Waals surface area contributed by atoms with E-state index < -0.39 is 0 Å².